The molecule has 2 aromatic rings. The van der Waals surface area contributed by atoms with Gasteiger partial charge in [-0.15, -0.1) is 0 Å². The van der Waals surface area contributed by atoms with Crippen molar-refractivity contribution in [2.24, 2.45) is 4.99 Å². The lowest BCUT2D eigenvalue weighted by Gasteiger charge is -2.37. The molecule has 7 nitrogen and oxygen atoms in total. The van der Waals surface area contributed by atoms with Crippen LogP contribution < -0.4 is 20.3 Å². The van der Waals surface area contributed by atoms with Crippen LogP contribution in [0.15, 0.2) is 53.5 Å². The van der Waals surface area contributed by atoms with E-state index in [2.05, 4.69) is 25.4 Å². The fraction of sp³-hybridized carbons (Fsp3) is 0.417. The van der Waals surface area contributed by atoms with Gasteiger partial charge in [0.15, 0.2) is 12.6 Å². The molecule has 1 saturated carbocycles. The highest BCUT2D eigenvalue weighted by molar-refractivity contribution is 5.80. The number of para-hydroxylation sites is 1. The topological polar surface area (TPSA) is 69.2 Å². The summed E-state index contributed by atoms with van der Waals surface area (Å²) in [7, 11) is 1.77. The molecule has 32 heavy (non-hydrogen) atoms. The quantitative estimate of drug-likeness (QED) is 0.512. The number of hydrogen-bond donors (Lipinski definition) is 2. The number of nitrogens with zero attached hydrogens (tertiary/aromatic N) is 3. The third kappa shape index (κ3) is 5.90. The van der Waals surface area contributed by atoms with Crippen molar-refractivity contribution in [2.75, 3.05) is 44.7 Å². The second kappa shape index (κ2) is 10.3. The minimum absolute atomic E-state index is 0.0291. The smallest absolute Gasteiger partial charge is 0.258 e. The number of nitrogens with one attached hydrogen (secondary N) is 2. The maximum atomic E-state index is 14.1. The number of amides is 1. The van der Waals surface area contributed by atoms with Crippen molar-refractivity contribution in [3.05, 3.63) is 59.9 Å². The monoisotopic (exact) mass is 439 g/mol. The van der Waals surface area contributed by atoms with Crippen molar-refractivity contribution >= 4 is 17.6 Å². The van der Waals surface area contributed by atoms with E-state index in [9.17, 15) is 9.18 Å². The molecule has 0 atom stereocenters. The van der Waals surface area contributed by atoms with Crippen LogP contribution in [0, 0.1) is 5.82 Å². The van der Waals surface area contributed by atoms with Gasteiger partial charge in [-0.25, -0.2) is 4.39 Å². The first-order valence-corrected chi connectivity index (χ1v) is 11.1. The molecule has 2 N–H and O–H groups in total. The predicted octanol–water partition coefficient (Wildman–Crippen LogP) is 2.38. The molecule has 8 heteroatoms. The van der Waals surface area contributed by atoms with E-state index in [-0.39, 0.29) is 18.3 Å². The van der Waals surface area contributed by atoms with Gasteiger partial charge in [0.05, 0.1) is 5.69 Å². The van der Waals surface area contributed by atoms with Crippen molar-refractivity contribution in [1.82, 2.24) is 15.5 Å². The lowest BCUT2D eigenvalue weighted by Crippen LogP contribution is -2.52. The van der Waals surface area contributed by atoms with Gasteiger partial charge in [-0.05, 0) is 42.7 Å². The van der Waals surface area contributed by atoms with Crippen LogP contribution in [-0.4, -0.2) is 62.6 Å². The Balaban J connectivity index is 1.25. The van der Waals surface area contributed by atoms with Crippen LogP contribution in [0.3, 0.4) is 0 Å². The Labute approximate surface area is 188 Å². The molecule has 170 valence electrons. The SMILES string of the molecule is CN=C(NCc1cccc(OCC(=O)NC2CC2)c1)N1CCN(c2ccccc2F)CC1. The standard InChI is InChI=1S/C24H30FN5O2/c1-26-24(30-13-11-29(12-14-30)22-8-3-2-7-21(22)25)27-16-18-5-4-6-20(15-18)32-17-23(31)28-19-9-10-19/h2-8,15,19H,9-14,16-17H2,1H3,(H,26,27)(H,28,31). The van der Waals surface area contributed by atoms with E-state index in [0.29, 0.717) is 24.0 Å². The van der Waals surface area contributed by atoms with E-state index in [1.807, 2.05) is 36.4 Å². The van der Waals surface area contributed by atoms with Crippen molar-refractivity contribution in [1.29, 1.82) is 0 Å². The summed E-state index contributed by atoms with van der Waals surface area (Å²) in [5.74, 6) is 1.22. The zero-order valence-corrected chi connectivity index (χ0v) is 18.4. The molecular formula is C24H30FN5O2. The number of halogens is 1. The lowest BCUT2D eigenvalue weighted by molar-refractivity contribution is -0.123. The Bertz CT molecular complexity index is 955. The second-order valence-electron chi connectivity index (χ2n) is 8.10. The Morgan fingerprint density at radius 2 is 1.91 bits per heavy atom. The van der Waals surface area contributed by atoms with Crippen LogP contribution in [0.4, 0.5) is 10.1 Å². The van der Waals surface area contributed by atoms with Gasteiger partial charge >= 0.3 is 0 Å². The zero-order valence-electron chi connectivity index (χ0n) is 18.4. The van der Waals surface area contributed by atoms with Crippen LogP contribution in [0.1, 0.15) is 18.4 Å². The second-order valence-corrected chi connectivity index (χ2v) is 8.10. The van der Waals surface area contributed by atoms with Gasteiger partial charge in [-0.1, -0.05) is 24.3 Å². The number of hydrogen-bond acceptors (Lipinski definition) is 4. The van der Waals surface area contributed by atoms with Gasteiger partial charge in [0, 0.05) is 45.8 Å². The first kappa shape index (κ1) is 21.9. The largest absolute Gasteiger partial charge is 0.484 e. The van der Waals surface area contributed by atoms with Gasteiger partial charge in [0.2, 0.25) is 0 Å². The normalized spacial score (nSPS) is 16.6. The van der Waals surface area contributed by atoms with E-state index >= 15 is 0 Å². The van der Waals surface area contributed by atoms with Crippen molar-refractivity contribution in [3.8, 4) is 5.75 Å². The minimum atomic E-state index is -0.185. The maximum Gasteiger partial charge on any atom is 0.258 e. The van der Waals surface area contributed by atoms with E-state index in [1.54, 1.807) is 13.1 Å². The van der Waals surface area contributed by atoms with Gasteiger partial charge in [0.25, 0.3) is 5.91 Å². The summed E-state index contributed by atoms with van der Waals surface area (Å²) >= 11 is 0. The van der Waals surface area contributed by atoms with Crippen LogP contribution in [0.2, 0.25) is 0 Å². The van der Waals surface area contributed by atoms with Gasteiger partial charge in [-0.2, -0.15) is 0 Å². The summed E-state index contributed by atoms with van der Waals surface area (Å²) in [4.78, 5) is 20.5. The summed E-state index contributed by atoms with van der Waals surface area (Å²) < 4.78 is 19.7. The van der Waals surface area contributed by atoms with E-state index in [1.165, 1.54) is 6.07 Å². The number of carbonyl (C=O) groups is 1. The maximum absolute atomic E-state index is 14.1. The number of rotatable bonds is 7. The molecule has 2 fully saturated rings. The lowest BCUT2D eigenvalue weighted by atomic mass is 10.2. The fourth-order valence-corrected chi connectivity index (χ4v) is 3.77. The average Bonchev–Trinajstić information content (AvgIpc) is 3.63. The number of carbonyl (C=O) groups excluding carboxylic acids is 1. The number of guanidine groups is 1. The molecule has 4 rings (SSSR count). The minimum Gasteiger partial charge on any atom is -0.484 e. The highest BCUT2D eigenvalue weighted by atomic mass is 19.1. The van der Waals surface area contributed by atoms with Crippen LogP contribution in [0.25, 0.3) is 0 Å². The van der Waals surface area contributed by atoms with Gasteiger partial charge in [0.1, 0.15) is 11.6 Å². The molecule has 1 aliphatic carbocycles. The Kier molecular flexibility index (Phi) is 7.09. The molecular weight excluding hydrogens is 409 g/mol. The predicted molar refractivity (Wildman–Crippen MR) is 123 cm³/mol. The molecule has 2 aliphatic rings. The van der Waals surface area contributed by atoms with Gasteiger partial charge in [-0.3, -0.25) is 9.79 Å². The summed E-state index contributed by atoms with van der Waals surface area (Å²) in [5.41, 5.74) is 1.69. The molecule has 0 aromatic heterocycles. The molecule has 2 aromatic carbocycles. The third-order valence-corrected chi connectivity index (χ3v) is 5.65. The van der Waals surface area contributed by atoms with Gasteiger partial charge < -0.3 is 25.2 Å². The molecule has 1 heterocycles. The highest BCUT2D eigenvalue weighted by Crippen LogP contribution is 2.20. The van der Waals surface area contributed by atoms with Crippen molar-refractivity contribution in [3.63, 3.8) is 0 Å². The average molecular weight is 440 g/mol. The van der Waals surface area contributed by atoms with Crippen LogP contribution in [-0.2, 0) is 11.3 Å². The van der Waals surface area contributed by atoms with Crippen molar-refractivity contribution < 1.29 is 13.9 Å². The Hall–Kier alpha value is -3.29. The number of ether oxygens (including phenoxy) is 1. The fourth-order valence-electron chi connectivity index (χ4n) is 3.77. The molecule has 1 saturated heterocycles. The third-order valence-electron chi connectivity index (χ3n) is 5.65. The van der Waals surface area contributed by atoms with E-state index < -0.39 is 0 Å². The Morgan fingerprint density at radius 3 is 2.62 bits per heavy atom. The number of anilines is 1. The van der Waals surface area contributed by atoms with E-state index in [4.69, 9.17) is 4.74 Å². The molecule has 1 aliphatic heterocycles. The summed E-state index contributed by atoms with van der Waals surface area (Å²) in [6, 6.07) is 14.9. The summed E-state index contributed by atoms with van der Waals surface area (Å²) in [5, 5.41) is 6.31. The Morgan fingerprint density at radius 1 is 1.12 bits per heavy atom. The zero-order chi connectivity index (χ0) is 22.3. The number of piperazine rings is 1. The first-order chi connectivity index (χ1) is 15.6. The first-order valence-electron chi connectivity index (χ1n) is 11.1. The highest BCUT2D eigenvalue weighted by Gasteiger charge is 2.23. The molecule has 1 amide bonds. The summed E-state index contributed by atoms with van der Waals surface area (Å²) in [6.45, 7) is 3.59. The number of benzene rings is 2. The summed E-state index contributed by atoms with van der Waals surface area (Å²) in [6.07, 6.45) is 2.12. The van der Waals surface area contributed by atoms with Crippen LogP contribution in [0.5, 0.6) is 5.75 Å². The van der Waals surface area contributed by atoms with E-state index in [0.717, 1.165) is 50.5 Å². The molecule has 0 unspecified atom stereocenters. The van der Waals surface area contributed by atoms with Crippen LogP contribution >= 0.6 is 0 Å². The number of aliphatic imine (C=N–C) groups is 1. The molecule has 0 spiro atoms. The van der Waals surface area contributed by atoms with Crippen molar-refractivity contribution in [2.45, 2.75) is 25.4 Å². The molecule has 0 radical (unpaired) electrons. The molecule has 0 bridgehead atoms.